The molecule has 4 aromatic heterocycles. The highest BCUT2D eigenvalue weighted by Crippen LogP contribution is 2.41. The van der Waals surface area contributed by atoms with E-state index in [1.807, 2.05) is 28.0 Å². The second kappa shape index (κ2) is 10.1. The number of likely N-dealkylation sites (tertiary alicyclic amines) is 1. The van der Waals surface area contributed by atoms with Gasteiger partial charge in [-0.1, -0.05) is 27.7 Å². The highest BCUT2D eigenvalue weighted by atomic mass is 32.1. The van der Waals surface area contributed by atoms with E-state index in [0.29, 0.717) is 11.8 Å². The van der Waals surface area contributed by atoms with Gasteiger partial charge in [-0.15, -0.1) is 11.3 Å². The number of piperidine rings is 1. The van der Waals surface area contributed by atoms with Crippen molar-refractivity contribution in [3.63, 3.8) is 0 Å². The quantitative estimate of drug-likeness (QED) is 0.310. The first-order chi connectivity index (χ1) is 17.0. The van der Waals surface area contributed by atoms with Crippen molar-refractivity contribution >= 4 is 17.0 Å². The molecular weight excluding hydrogens is 456 g/mol. The van der Waals surface area contributed by atoms with E-state index >= 15 is 0 Å². The predicted octanol–water partition coefficient (Wildman–Crippen LogP) is 6.35. The van der Waals surface area contributed by atoms with Crippen LogP contribution < -0.4 is 4.74 Å². The summed E-state index contributed by atoms with van der Waals surface area (Å²) in [6.07, 6.45) is 12.8. The van der Waals surface area contributed by atoms with E-state index in [2.05, 4.69) is 55.1 Å². The first-order valence-electron chi connectivity index (χ1n) is 12.8. The molecule has 186 valence electrons. The van der Waals surface area contributed by atoms with Crippen LogP contribution >= 0.6 is 11.3 Å². The van der Waals surface area contributed by atoms with Gasteiger partial charge in [0.15, 0.2) is 11.4 Å². The highest BCUT2D eigenvalue weighted by Gasteiger charge is 2.27. The highest BCUT2D eigenvalue weighted by molar-refractivity contribution is 7.15. The van der Waals surface area contributed by atoms with Crippen molar-refractivity contribution in [2.24, 2.45) is 0 Å². The van der Waals surface area contributed by atoms with Crippen molar-refractivity contribution in [3.05, 3.63) is 41.3 Å². The standard InChI is InChI=1S/C27H36N6OS/c1-6-20(7-2)32-11-8-18(9-12-32)22-15-29-27(35-22)25-23(17(3)4)24(30-31-25)19-14-21(34-5)26-28-10-13-33(26)16-19/h10,13-18,20H,6-9,11-12H2,1-5H3,(H,30,31). The Morgan fingerprint density at radius 1 is 1.17 bits per heavy atom. The Labute approximate surface area is 211 Å². The van der Waals surface area contributed by atoms with E-state index in [1.165, 1.54) is 49.2 Å². The lowest BCUT2D eigenvalue weighted by Crippen LogP contribution is -2.40. The summed E-state index contributed by atoms with van der Waals surface area (Å²) in [6, 6.07) is 2.75. The van der Waals surface area contributed by atoms with Gasteiger partial charge in [0, 0.05) is 46.8 Å². The first-order valence-corrected chi connectivity index (χ1v) is 13.6. The monoisotopic (exact) mass is 492 g/mol. The Kier molecular flexibility index (Phi) is 6.93. The SMILES string of the molecule is CCC(CC)N1CCC(c2cnc(-c3[nH]nc(-c4cc(OC)c5nccn5c4)c3C(C)C)s2)CC1. The second-order valence-corrected chi connectivity index (χ2v) is 10.9. The van der Waals surface area contributed by atoms with Crippen LogP contribution in [-0.2, 0) is 0 Å². The summed E-state index contributed by atoms with van der Waals surface area (Å²) >= 11 is 1.82. The second-order valence-electron chi connectivity index (χ2n) is 9.82. The molecule has 35 heavy (non-hydrogen) atoms. The van der Waals surface area contributed by atoms with Crippen molar-refractivity contribution in [2.75, 3.05) is 20.2 Å². The lowest BCUT2D eigenvalue weighted by molar-refractivity contribution is 0.145. The summed E-state index contributed by atoms with van der Waals surface area (Å²) in [5.74, 6) is 1.63. The molecule has 8 heteroatoms. The number of nitrogens with one attached hydrogen (secondary N) is 1. The van der Waals surface area contributed by atoms with Crippen LogP contribution in [-0.4, -0.2) is 55.7 Å². The molecule has 0 spiro atoms. The van der Waals surface area contributed by atoms with Gasteiger partial charge in [0.25, 0.3) is 0 Å². The van der Waals surface area contributed by atoms with E-state index in [1.54, 1.807) is 13.3 Å². The zero-order valence-electron chi connectivity index (χ0n) is 21.4. The first kappa shape index (κ1) is 24.0. The average Bonchev–Trinajstić information content (AvgIpc) is 3.63. The predicted molar refractivity (Wildman–Crippen MR) is 142 cm³/mol. The van der Waals surface area contributed by atoms with E-state index in [9.17, 15) is 0 Å². The fraction of sp³-hybridized carbons (Fsp3) is 0.519. The van der Waals surface area contributed by atoms with Gasteiger partial charge >= 0.3 is 0 Å². The molecule has 1 aliphatic rings. The van der Waals surface area contributed by atoms with E-state index in [-0.39, 0.29) is 0 Å². The fourth-order valence-electron chi connectivity index (χ4n) is 5.52. The Bertz CT molecular complexity index is 1280. The number of thiazole rings is 1. The molecule has 0 bridgehead atoms. The van der Waals surface area contributed by atoms with Crippen molar-refractivity contribution in [2.45, 2.75) is 71.3 Å². The van der Waals surface area contributed by atoms with Crippen LogP contribution in [0, 0.1) is 0 Å². The van der Waals surface area contributed by atoms with Gasteiger partial charge in [-0.3, -0.25) is 5.10 Å². The molecule has 1 fully saturated rings. The van der Waals surface area contributed by atoms with Gasteiger partial charge in [-0.2, -0.15) is 5.10 Å². The lowest BCUT2D eigenvalue weighted by Gasteiger charge is -2.36. The Morgan fingerprint density at radius 3 is 2.63 bits per heavy atom. The summed E-state index contributed by atoms with van der Waals surface area (Å²) in [5, 5.41) is 9.12. The summed E-state index contributed by atoms with van der Waals surface area (Å²) in [6.45, 7) is 11.4. The summed E-state index contributed by atoms with van der Waals surface area (Å²) in [5.41, 5.74) is 4.97. The van der Waals surface area contributed by atoms with Crippen molar-refractivity contribution in [3.8, 4) is 27.7 Å². The number of fused-ring (bicyclic) bond motifs is 1. The summed E-state index contributed by atoms with van der Waals surface area (Å²) in [7, 11) is 1.68. The van der Waals surface area contributed by atoms with Crippen LogP contribution in [0.25, 0.3) is 27.6 Å². The van der Waals surface area contributed by atoms with Crippen LogP contribution in [0.2, 0.25) is 0 Å². The number of imidazole rings is 1. The molecule has 0 amide bonds. The van der Waals surface area contributed by atoms with Crippen molar-refractivity contribution in [1.82, 2.24) is 29.5 Å². The van der Waals surface area contributed by atoms with Crippen LogP contribution in [0.5, 0.6) is 5.75 Å². The Morgan fingerprint density at radius 2 is 1.94 bits per heavy atom. The van der Waals surface area contributed by atoms with E-state index in [0.717, 1.165) is 39.4 Å². The van der Waals surface area contributed by atoms with Gasteiger partial charge in [-0.25, -0.2) is 9.97 Å². The van der Waals surface area contributed by atoms with E-state index in [4.69, 9.17) is 14.8 Å². The molecule has 5 heterocycles. The Hall–Kier alpha value is -2.71. The zero-order valence-corrected chi connectivity index (χ0v) is 22.2. The topological polar surface area (TPSA) is 71.3 Å². The molecule has 0 aliphatic carbocycles. The molecule has 7 nitrogen and oxygen atoms in total. The Balaban J connectivity index is 1.43. The molecule has 1 saturated heterocycles. The minimum absolute atomic E-state index is 0.291. The smallest absolute Gasteiger partial charge is 0.179 e. The lowest BCUT2D eigenvalue weighted by atomic mass is 9.94. The van der Waals surface area contributed by atoms with Crippen LogP contribution in [0.15, 0.2) is 30.9 Å². The van der Waals surface area contributed by atoms with Crippen molar-refractivity contribution in [1.29, 1.82) is 0 Å². The third kappa shape index (κ3) is 4.49. The fourth-order valence-corrected chi connectivity index (χ4v) is 6.62. The maximum atomic E-state index is 5.61. The molecule has 4 aromatic rings. The number of aromatic nitrogens is 5. The number of H-pyrrole nitrogens is 1. The van der Waals surface area contributed by atoms with E-state index < -0.39 is 0 Å². The molecule has 1 aliphatic heterocycles. The van der Waals surface area contributed by atoms with Gasteiger partial charge in [0.1, 0.15) is 5.01 Å². The van der Waals surface area contributed by atoms with Gasteiger partial charge in [0.2, 0.25) is 0 Å². The summed E-state index contributed by atoms with van der Waals surface area (Å²) < 4.78 is 7.60. The number of aromatic amines is 1. The third-order valence-electron chi connectivity index (χ3n) is 7.46. The van der Waals surface area contributed by atoms with Crippen molar-refractivity contribution < 1.29 is 4.74 Å². The zero-order chi connectivity index (χ0) is 24.5. The van der Waals surface area contributed by atoms with Gasteiger partial charge in [0.05, 0.1) is 18.5 Å². The molecule has 0 aromatic carbocycles. The normalized spacial score (nSPS) is 15.6. The number of methoxy groups -OCH3 is 1. The molecule has 5 rings (SSSR count). The molecule has 0 unspecified atom stereocenters. The number of ether oxygens (including phenoxy) is 1. The summed E-state index contributed by atoms with van der Waals surface area (Å²) in [4.78, 5) is 13.4. The van der Waals surface area contributed by atoms with Crippen LogP contribution in [0.1, 0.15) is 75.7 Å². The number of rotatable bonds is 8. The minimum atomic E-state index is 0.291. The maximum Gasteiger partial charge on any atom is 0.179 e. The number of nitrogens with zero attached hydrogens (tertiary/aromatic N) is 5. The minimum Gasteiger partial charge on any atom is -0.493 e. The molecular formula is C27H36N6OS. The third-order valence-corrected chi connectivity index (χ3v) is 8.63. The molecule has 0 atom stereocenters. The maximum absolute atomic E-state index is 5.61. The largest absolute Gasteiger partial charge is 0.493 e. The number of hydrogen-bond acceptors (Lipinski definition) is 6. The van der Waals surface area contributed by atoms with Gasteiger partial charge in [-0.05, 0) is 56.7 Å². The number of hydrogen-bond donors (Lipinski definition) is 1. The molecule has 1 N–H and O–H groups in total. The molecule has 0 saturated carbocycles. The average molecular weight is 493 g/mol. The van der Waals surface area contributed by atoms with Gasteiger partial charge < -0.3 is 14.0 Å². The van der Waals surface area contributed by atoms with Crippen LogP contribution in [0.3, 0.4) is 0 Å². The van der Waals surface area contributed by atoms with Crippen LogP contribution in [0.4, 0.5) is 0 Å². The molecule has 0 radical (unpaired) electrons. The number of pyridine rings is 1.